The summed E-state index contributed by atoms with van der Waals surface area (Å²) in [5, 5.41) is 4.31. The Morgan fingerprint density at radius 1 is 0.821 bits per heavy atom. The quantitative estimate of drug-likeness (QED) is 0.658. The van der Waals surface area contributed by atoms with Crippen LogP contribution in [0.2, 0.25) is 0 Å². The van der Waals surface area contributed by atoms with Gasteiger partial charge < -0.3 is 9.80 Å². The molecule has 2 amide bonds. The van der Waals surface area contributed by atoms with Crippen LogP contribution >= 0.6 is 0 Å². The molecule has 6 heteroatoms. The molecule has 0 aliphatic carbocycles. The highest BCUT2D eigenvalue weighted by Gasteiger charge is 2.28. The molecule has 1 aromatic heterocycles. The highest BCUT2D eigenvalue weighted by molar-refractivity contribution is 6.15. The minimum absolute atomic E-state index is 0.160. The van der Waals surface area contributed by atoms with Crippen molar-refractivity contribution in [3.8, 4) is 0 Å². The third kappa shape index (κ3) is 3.81. The van der Waals surface area contributed by atoms with Crippen molar-refractivity contribution >= 4 is 23.2 Å². The first-order valence-electron chi connectivity index (χ1n) is 9.34. The predicted octanol–water partition coefficient (Wildman–Crippen LogP) is 3.75. The molecule has 0 aliphatic heterocycles. The average molecular weight is 376 g/mol. The van der Waals surface area contributed by atoms with Gasteiger partial charge in [0.1, 0.15) is 0 Å². The SMILES string of the molecule is CCN(C(=O)c1cn(C)nc1C(=O)N(CC)c1ccccc1)c1ccccc1. The third-order valence-electron chi connectivity index (χ3n) is 4.52. The van der Waals surface area contributed by atoms with Crippen molar-refractivity contribution in [2.75, 3.05) is 22.9 Å². The van der Waals surface area contributed by atoms with Crippen LogP contribution in [0.4, 0.5) is 11.4 Å². The first kappa shape index (κ1) is 19.4. The van der Waals surface area contributed by atoms with Crippen molar-refractivity contribution in [2.45, 2.75) is 13.8 Å². The highest BCUT2D eigenvalue weighted by Crippen LogP contribution is 2.21. The number of rotatable bonds is 6. The van der Waals surface area contributed by atoms with Gasteiger partial charge in [0.05, 0.1) is 5.56 Å². The van der Waals surface area contributed by atoms with Gasteiger partial charge in [-0.15, -0.1) is 0 Å². The molecule has 0 saturated heterocycles. The summed E-state index contributed by atoms with van der Waals surface area (Å²) in [5.41, 5.74) is 2.02. The van der Waals surface area contributed by atoms with Crippen molar-refractivity contribution in [1.29, 1.82) is 0 Å². The first-order chi connectivity index (χ1) is 13.6. The van der Waals surface area contributed by atoms with E-state index in [-0.39, 0.29) is 17.5 Å². The summed E-state index contributed by atoms with van der Waals surface area (Å²) < 4.78 is 1.51. The second-order valence-corrected chi connectivity index (χ2v) is 6.33. The highest BCUT2D eigenvalue weighted by atomic mass is 16.2. The minimum Gasteiger partial charge on any atom is -0.309 e. The molecule has 0 N–H and O–H groups in total. The van der Waals surface area contributed by atoms with Crippen LogP contribution in [0.3, 0.4) is 0 Å². The molecule has 0 fully saturated rings. The fourth-order valence-corrected chi connectivity index (χ4v) is 3.18. The monoisotopic (exact) mass is 376 g/mol. The van der Waals surface area contributed by atoms with Crippen molar-refractivity contribution in [1.82, 2.24) is 9.78 Å². The predicted molar refractivity (Wildman–Crippen MR) is 111 cm³/mol. The van der Waals surface area contributed by atoms with Gasteiger partial charge in [-0.1, -0.05) is 36.4 Å². The van der Waals surface area contributed by atoms with E-state index in [1.54, 1.807) is 23.0 Å². The topological polar surface area (TPSA) is 58.4 Å². The number of benzene rings is 2. The normalized spacial score (nSPS) is 10.5. The maximum absolute atomic E-state index is 13.3. The van der Waals surface area contributed by atoms with E-state index >= 15 is 0 Å². The zero-order chi connectivity index (χ0) is 20.1. The van der Waals surface area contributed by atoms with Gasteiger partial charge in [-0.2, -0.15) is 5.10 Å². The molecule has 0 spiro atoms. The fraction of sp³-hybridized carbons (Fsp3) is 0.227. The molecule has 0 aliphatic rings. The summed E-state index contributed by atoms with van der Waals surface area (Å²) >= 11 is 0. The number of amides is 2. The lowest BCUT2D eigenvalue weighted by atomic mass is 10.1. The zero-order valence-electron chi connectivity index (χ0n) is 16.4. The van der Waals surface area contributed by atoms with Crippen molar-refractivity contribution in [3.05, 3.63) is 78.1 Å². The molecule has 28 heavy (non-hydrogen) atoms. The van der Waals surface area contributed by atoms with Crippen molar-refractivity contribution < 1.29 is 9.59 Å². The number of carbonyl (C=O) groups excluding carboxylic acids is 2. The Bertz CT molecular complexity index is 874. The second-order valence-electron chi connectivity index (χ2n) is 6.33. The maximum atomic E-state index is 13.3. The lowest BCUT2D eigenvalue weighted by molar-refractivity contribution is 0.0953. The summed E-state index contributed by atoms with van der Waals surface area (Å²) in [6.07, 6.45) is 1.61. The standard InChI is InChI=1S/C22H24N4O2/c1-4-25(17-12-8-6-9-13-17)21(27)19-16-24(3)23-20(19)22(28)26(5-2)18-14-10-7-11-15-18/h6-16H,4-5H2,1-3H3. The van der Waals surface area contributed by atoms with Crippen LogP contribution in [0.5, 0.6) is 0 Å². The number of hydrogen-bond donors (Lipinski definition) is 0. The summed E-state index contributed by atoms with van der Waals surface area (Å²) in [5.74, 6) is -0.531. The van der Waals surface area contributed by atoms with Gasteiger partial charge in [0.25, 0.3) is 11.8 Å². The zero-order valence-corrected chi connectivity index (χ0v) is 16.4. The van der Waals surface area contributed by atoms with Crippen molar-refractivity contribution in [2.24, 2.45) is 7.05 Å². The van der Waals surface area contributed by atoms with E-state index in [4.69, 9.17) is 0 Å². The fourth-order valence-electron chi connectivity index (χ4n) is 3.18. The smallest absolute Gasteiger partial charge is 0.279 e. The van der Waals surface area contributed by atoms with Gasteiger partial charge in [-0.25, -0.2) is 0 Å². The second kappa shape index (κ2) is 8.52. The number of hydrogen-bond acceptors (Lipinski definition) is 3. The van der Waals surface area contributed by atoms with Gasteiger partial charge >= 0.3 is 0 Å². The molecule has 0 radical (unpaired) electrons. The van der Waals surface area contributed by atoms with Gasteiger partial charge in [0, 0.05) is 37.7 Å². The minimum atomic E-state index is -0.290. The molecule has 144 valence electrons. The number of para-hydroxylation sites is 2. The number of anilines is 2. The van der Waals surface area contributed by atoms with E-state index < -0.39 is 0 Å². The molecule has 1 heterocycles. The van der Waals surface area contributed by atoms with Crippen LogP contribution in [0.15, 0.2) is 66.9 Å². The van der Waals surface area contributed by atoms with E-state index in [0.717, 1.165) is 11.4 Å². The largest absolute Gasteiger partial charge is 0.309 e. The van der Waals surface area contributed by atoms with E-state index in [2.05, 4.69) is 5.10 Å². The van der Waals surface area contributed by atoms with E-state index in [0.29, 0.717) is 18.7 Å². The number of carbonyl (C=O) groups is 2. The van der Waals surface area contributed by atoms with Crippen LogP contribution in [0.1, 0.15) is 34.7 Å². The van der Waals surface area contributed by atoms with Crippen LogP contribution in [0.25, 0.3) is 0 Å². The molecular formula is C22H24N4O2. The Labute approximate surface area is 165 Å². The third-order valence-corrected chi connectivity index (χ3v) is 4.52. The van der Waals surface area contributed by atoms with Gasteiger partial charge in [0.2, 0.25) is 0 Å². The molecule has 6 nitrogen and oxygen atoms in total. The molecule has 3 aromatic rings. The number of aryl methyl sites for hydroxylation is 1. The van der Waals surface area contributed by atoms with Gasteiger partial charge in [-0.3, -0.25) is 14.3 Å². The molecule has 2 aromatic carbocycles. The van der Waals surface area contributed by atoms with Crippen LogP contribution < -0.4 is 9.80 Å². The summed E-state index contributed by atoms with van der Waals surface area (Å²) in [7, 11) is 1.71. The molecule has 0 unspecified atom stereocenters. The van der Waals surface area contributed by atoms with E-state index in [1.165, 1.54) is 4.68 Å². The molecule has 0 bridgehead atoms. The lowest BCUT2D eigenvalue weighted by Crippen LogP contribution is -2.35. The Hall–Kier alpha value is -3.41. The molecule has 0 saturated carbocycles. The summed E-state index contributed by atoms with van der Waals surface area (Å²) in [4.78, 5) is 29.8. The Balaban J connectivity index is 1.98. The molecule has 0 atom stereocenters. The van der Waals surface area contributed by atoms with Gasteiger partial charge in [-0.05, 0) is 38.1 Å². The summed E-state index contributed by atoms with van der Waals surface area (Å²) in [6, 6.07) is 18.8. The number of aromatic nitrogens is 2. The van der Waals surface area contributed by atoms with Crippen molar-refractivity contribution in [3.63, 3.8) is 0 Å². The van der Waals surface area contributed by atoms with Crippen LogP contribution in [-0.4, -0.2) is 34.7 Å². The van der Waals surface area contributed by atoms with E-state index in [9.17, 15) is 9.59 Å². The molecular weight excluding hydrogens is 352 g/mol. The van der Waals surface area contributed by atoms with Crippen LogP contribution in [-0.2, 0) is 7.05 Å². The maximum Gasteiger partial charge on any atom is 0.279 e. The Morgan fingerprint density at radius 2 is 1.29 bits per heavy atom. The first-order valence-corrected chi connectivity index (χ1v) is 9.34. The molecule has 3 rings (SSSR count). The summed E-state index contributed by atoms with van der Waals surface area (Å²) in [6.45, 7) is 4.77. The Morgan fingerprint density at radius 3 is 1.75 bits per heavy atom. The Kier molecular flexibility index (Phi) is 5.89. The van der Waals surface area contributed by atoms with E-state index in [1.807, 2.05) is 74.5 Å². The number of nitrogens with zero attached hydrogens (tertiary/aromatic N) is 4. The average Bonchev–Trinajstić information content (AvgIpc) is 3.12. The lowest BCUT2D eigenvalue weighted by Gasteiger charge is -2.23. The van der Waals surface area contributed by atoms with Crippen LogP contribution in [0, 0.1) is 0 Å². The van der Waals surface area contributed by atoms with Gasteiger partial charge in [0.15, 0.2) is 5.69 Å².